The molecule has 3 heterocycles. The van der Waals surface area contributed by atoms with E-state index >= 15 is 0 Å². The van der Waals surface area contributed by atoms with Gasteiger partial charge in [0.15, 0.2) is 0 Å². The number of nitrogens with zero attached hydrogens (tertiary/aromatic N) is 3. The van der Waals surface area contributed by atoms with Gasteiger partial charge in [-0.15, -0.1) is 5.10 Å². The van der Waals surface area contributed by atoms with Gasteiger partial charge in [-0.2, -0.15) is 0 Å². The van der Waals surface area contributed by atoms with Crippen LogP contribution in [0.15, 0.2) is 0 Å². The van der Waals surface area contributed by atoms with Crippen LogP contribution in [0.4, 0.5) is 0 Å². The number of carbonyl (C=O) groups excluding carboxylic acids is 1. The quantitative estimate of drug-likeness (QED) is 0.873. The second-order valence-corrected chi connectivity index (χ2v) is 6.23. The summed E-state index contributed by atoms with van der Waals surface area (Å²) in [7, 11) is 0. The fourth-order valence-corrected chi connectivity index (χ4v) is 3.24. The SMILES string of the molecule is CC(C)c1nc(C(=O)NC2CCN3CCCC3C2)n[nH]1. The normalized spacial score (nSPS) is 26.8. The first-order chi connectivity index (χ1) is 9.63. The second-order valence-electron chi connectivity index (χ2n) is 6.23. The zero-order valence-corrected chi connectivity index (χ0v) is 12.2. The number of fused-ring (bicyclic) bond motifs is 1. The summed E-state index contributed by atoms with van der Waals surface area (Å²) in [4.78, 5) is 19.0. The number of aromatic amines is 1. The molecule has 2 aliphatic heterocycles. The van der Waals surface area contributed by atoms with E-state index in [4.69, 9.17) is 0 Å². The fraction of sp³-hybridized carbons (Fsp3) is 0.786. The maximum atomic E-state index is 12.2. The summed E-state index contributed by atoms with van der Waals surface area (Å²) in [6.07, 6.45) is 4.66. The van der Waals surface area contributed by atoms with Crippen molar-refractivity contribution in [1.82, 2.24) is 25.4 Å². The summed E-state index contributed by atoms with van der Waals surface area (Å²) in [6.45, 7) is 6.38. The Balaban J connectivity index is 1.58. The van der Waals surface area contributed by atoms with Crippen LogP contribution in [0.2, 0.25) is 0 Å². The Kier molecular flexibility index (Phi) is 3.74. The van der Waals surface area contributed by atoms with Crippen molar-refractivity contribution in [3.63, 3.8) is 0 Å². The zero-order valence-electron chi connectivity index (χ0n) is 12.2. The molecule has 0 aliphatic carbocycles. The predicted octanol–water partition coefficient (Wildman–Crippen LogP) is 1.28. The monoisotopic (exact) mass is 277 g/mol. The van der Waals surface area contributed by atoms with E-state index in [2.05, 4.69) is 25.4 Å². The number of rotatable bonds is 3. The van der Waals surface area contributed by atoms with Crippen molar-refractivity contribution in [2.45, 2.75) is 57.5 Å². The van der Waals surface area contributed by atoms with Crippen molar-refractivity contribution >= 4 is 5.91 Å². The molecule has 2 fully saturated rings. The van der Waals surface area contributed by atoms with Crippen LogP contribution in [0, 0.1) is 0 Å². The Morgan fingerprint density at radius 2 is 2.25 bits per heavy atom. The average molecular weight is 277 g/mol. The number of amides is 1. The van der Waals surface area contributed by atoms with Gasteiger partial charge < -0.3 is 10.2 Å². The Labute approximate surface area is 119 Å². The van der Waals surface area contributed by atoms with E-state index in [9.17, 15) is 4.79 Å². The maximum Gasteiger partial charge on any atom is 0.291 e. The molecule has 6 heteroatoms. The molecular weight excluding hydrogens is 254 g/mol. The summed E-state index contributed by atoms with van der Waals surface area (Å²) < 4.78 is 0. The number of aromatic nitrogens is 3. The van der Waals surface area contributed by atoms with E-state index in [-0.39, 0.29) is 23.7 Å². The minimum absolute atomic E-state index is 0.149. The Hall–Kier alpha value is -1.43. The molecule has 0 spiro atoms. The van der Waals surface area contributed by atoms with E-state index in [0.717, 1.165) is 25.2 Å². The molecule has 0 bridgehead atoms. The van der Waals surface area contributed by atoms with Crippen LogP contribution in [0.5, 0.6) is 0 Å². The number of hydrogen-bond acceptors (Lipinski definition) is 4. The van der Waals surface area contributed by atoms with Crippen LogP contribution in [0.1, 0.15) is 61.9 Å². The van der Waals surface area contributed by atoms with Gasteiger partial charge in [-0.05, 0) is 32.2 Å². The molecule has 3 rings (SSSR count). The summed E-state index contributed by atoms with van der Waals surface area (Å²) in [5, 5.41) is 9.93. The van der Waals surface area contributed by atoms with Crippen molar-refractivity contribution in [2.24, 2.45) is 0 Å². The third-order valence-corrected chi connectivity index (χ3v) is 4.41. The highest BCUT2D eigenvalue weighted by Gasteiger charge is 2.32. The van der Waals surface area contributed by atoms with Gasteiger partial charge in [0, 0.05) is 24.5 Å². The largest absolute Gasteiger partial charge is 0.346 e. The lowest BCUT2D eigenvalue weighted by Crippen LogP contribution is -2.47. The van der Waals surface area contributed by atoms with E-state index in [1.165, 1.54) is 19.4 Å². The lowest BCUT2D eigenvalue weighted by Gasteiger charge is -2.34. The molecule has 1 amide bonds. The van der Waals surface area contributed by atoms with E-state index in [1.54, 1.807) is 0 Å². The first kappa shape index (κ1) is 13.5. The van der Waals surface area contributed by atoms with Crippen LogP contribution < -0.4 is 5.32 Å². The zero-order chi connectivity index (χ0) is 14.1. The van der Waals surface area contributed by atoms with E-state index < -0.39 is 0 Å². The third kappa shape index (κ3) is 2.70. The van der Waals surface area contributed by atoms with Crippen molar-refractivity contribution < 1.29 is 4.79 Å². The van der Waals surface area contributed by atoms with E-state index in [0.29, 0.717) is 6.04 Å². The van der Waals surface area contributed by atoms with Crippen LogP contribution >= 0.6 is 0 Å². The second kappa shape index (κ2) is 5.52. The minimum atomic E-state index is -0.149. The summed E-state index contributed by atoms with van der Waals surface area (Å²) in [5.41, 5.74) is 0. The summed E-state index contributed by atoms with van der Waals surface area (Å²) >= 11 is 0. The molecule has 20 heavy (non-hydrogen) atoms. The van der Waals surface area contributed by atoms with Crippen LogP contribution in [-0.4, -0.2) is 51.2 Å². The number of hydrogen-bond donors (Lipinski definition) is 2. The van der Waals surface area contributed by atoms with Gasteiger partial charge in [0.05, 0.1) is 0 Å². The molecule has 0 aromatic carbocycles. The van der Waals surface area contributed by atoms with Crippen molar-refractivity contribution in [3.8, 4) is 0 Å². The van der Waals surface area contributed by atoms with Gasteiger partial charge in [-0.3, -0.25) is 9.89 Å². The Morgan fingerprint density at radius 3 is 3.00 bits per heavy atom. The average Bonchev–Trinajstić information content (AvgIpc) is 3.07. The topological polar surface area (TPSA) is 73.9 Å². The highest BCUT2D eigenvalue weighted by Crippen LogP contribution is 2.26. The third-order valence-electron chi connectivity index (χ3n) is 4.41. The molecular formula is C14H23N5O. The number of piperidine rings is 1. The molecule has 2 N–H and O–H groups in total. The van der Waals surface area contributed by atoms with Crippen LogP contribution in [-0.2, 0) is 0 Å². The number of nitrogens with one attached hydrogen (secondary N) is 2. The number of carbonyl (C=O) groups is 1. The number of H-pyrrole nitrogens is 1. The highest BCUT2D eigenvalue weighted by atomic mass is 16.2. The molecule has 2 atom stereocenters. The molecule has 110 valence electrons. The highest BCUT2D eigenvalue weighted by molar-refractivity contribution is 5.90. The molecule has 0 radical (unpaired) electrons. The summed E-state index contributed by atoms with van der Waals surface area (Å²) in [5.74, 6) is 1.14. The molecule has 2 saturated heterocycles. The maximum absolute atomic E-state index is 12.2. The molecule has 0 saturated carbocycles. The Bertz CT molecular complexity index is 484. The molecule has 1 aromatic heterocycles. The predicted molar refractivity (Wildman–Crippen MR) is 75.6 cm³/mol. The van der Waals surface area contributed by atoms with Gasteiger partial charge in [0.25, 0.3) is 5.91 Å². The molecule has 6 nitrogen and oxygen atoms in total. The van der Waals surface area contributed by atoms with Crippen molar-refractivity contribution in [2.75, 3.05) is 13.1 Å². The van der Waals surface area contributed by atoms with Gasteiger partial charge in [-0.1, -0.05) is 13.8 Å². The lowest BCUT2D eigenvalue weighted by atomic mass is 9.97. The lowest BCUT2D eigenvalue weighted by molar-refractivity contribution is 0.0886. The van der Waals surface area contributed by atoms with Gasteiger partial charge in [0.2, 0.25) is 5.82 Å². The molecule has 2 unspecified atom stereocenters. The summed E-state index contributed by atoms with van der Waals surface area (Å²) in [6, 6.07) is 0.926. The first-order valence-electron chi connectivity index (χ1n) is 7.60. The Morgan fingerprint density at radius 1 is 1.40 bits per heavy atom. The first-order valence-corrected chi connectivity index (χ1v) is 7.60. The molecule has 1 aromatic rings. The van der Waals surface area contributed by atoms with E-state index in [1.807, 2.05) is 13.8 Å². The van der Waals surface area contributed by atoms with Gasteiger partial charge in [0.1, 0.15) is 5.82 Å². The minimum Gasteiger partial charge on any atom is -0.346 e. The van der Waals surface area contributed by atoms with Crippen molar-refractivity contribution in [3.05, 3.63) is 11.6 Å². The standard InChI is InChI=1S/C14H23N5O/c1-9(2)12-16-13(18-17-12)14(20)15-10-5-7-19-6-3-4-11(19)8-10/h9-11H,3-8H2,1-2H3,(H,15,20)(H,16,17,18). The fourth-order valence-electron chi connectivity index (χ4n) is 3.24. The van der Waals surface area contributed by atoms with Crippen molar-refractivity contribution in [1.29, 1.82) is 0 Å². The smallest absolute Gasteiger partial charge is 0.291 e. The van der Waals surface area contributed by atoms with Gasteiger partial charge in [-0.25, -0.2) is 4.98 Å². The van der Waals surface area contributed by atoms with Crippen LogP contribution in [0.25, 0.3) is 0 Å². The van der Waals surface area contributed by atoms with Gasteiger partial charge >= 0.3 is 0 Å². The van der Waals surface area contributed by atoms with Crippen LogP contribution in [0.3, 0.4) is 0 Å². The molecule has 2 aliphatic rings.